The number of hydrogen-bond donors (Lipinski definition) is 5. The van der Waals surface area contributed by atoms with Gasteiger partial charge in [-0.05, 0) is 114 Å². The van der Waals surface area contributed by atoms with Crippen LogP contribution < -0.4 is 5.32 Å². The van der Waals surface area contributed by atoms with Gasteiger partial charge in [0.2, 0.25) is 0 Å². The Morgan fingerprint density at radius 1 is 0.727 bits per heavy atom. The molecular weight excluding hydrogens is 594 g/mol. The number of carboxylic acids is 2. The molecule has 0 saturated carbocycles. The largest absolute Gasteiger partial charge is 0.519 e. The number of aryl methyl sites for hydroxylation is 1. The Morgan fingerprint density at radius 2 is 1.20 bits per heavy atom. The molecule has 12 nitrogen and oxygen atoms in total. The summed E-state index contributed by atoms with van der Waals surface area (Å²) in [7, 11) is 0. The summed E-state index contributed by atoms with van der Waals surface area (Å²) >= 11 is 0. The van der Waals surface area contributed by atoms with Gasteiger partial charge in [-0.3, -0.25) is 9.59 Å². The molecule has 5 N–H and O–H groups in total. The number of ether oxygens (including phenoxy) is 3. The number of benzene rings is 2. The number of phenolic OH excluding ortho intramolecular Hbond substituents is 2. The van der Waals surface area contributed by atoms with Crippen LogP contribution in [0.15, 0.2) is 36.4 Å². The minimum absolute atomic E-state index is 0. The summed E-state index contributed by atoms with van der Waals surface area (Å²) in [5.41, 5.74) is 2.72. The fourth-order valence-electron chi connectivity index (χ4n) is 4.24. The van der Waals surface area contributed by atoms with Gasteiger partial charge >= 0.3 is 24.2 Å². The molecule has 2 aliphatic rings. The quantitative estimate of drug-likeness (QED) is 0.218. The van der Waals surface area contributed by atoms with E-state index >= 15 is 0 Å². The SMILES string of the molecule is CC(C)(C)OC(=O)OC(=O)OC(C)(C)C.O=C(O)[C@@H]1Cc2ccc(O)cc2CN1.O=C(O)[C@H]1CCc2cc(O)ccc2C1.S. The molecule has 13 heteroatoms. The predicted molar refractivity (Wildman–Crippen MR) is 165 cm³/mol. The first kappa shape index (κ1) is 38.1. The minimum Gasteiger partial charge on any atom is -0.508 e. The molecular formula is C31H43NO11S. The minimum atomic E-state index is -1.06. The van der Waals surface area contributed by atoms with Crippen LogP contribution in [-0.2, 0) is 49.6 Å². The Balaban J connectivity index is 0.000000326. The van der Waals surface area contributed by atoms with Gasteiger partial charge in [-0.25, -0.2) is 9.59 Å². The van der Waals surface area contributed by atoms with Gasteiger partial charge in [0.15, 0.2) is 0 Å². The van der Waals surface area contributed by atoms with Gasteiger partial charge in [0.05, 0.1) is 5.92 Å². The van der Waals surface area contributed by atoms with E-state index < -0.39 is 41.5 Å². The second-order valence-corrected chi connectivity index (χ2v) is 12.2. The lowest BCUT2D eigenvalue weighted by Crippen LogP contribution is -2.41. The maximum atomic E-state index is 11.0. The van der Waals surface area contributed by atoms with Crippen molar-refractivity contribution in [3.05, 3.63) is 58.7 Å². The molecule has 0 spiro atoms. The van der Waals surface area contributed by atoms with E-state index in [4.69, 9.17) is 19.7 Å². The molecule has 0 bridgehead atoms. The number of phenols is 2. The standard InChI is InChI=1S/C11H12O3.C10H11NO3.C10H18O5.H2S/c12-10-4-3-7-5-9(11(13)14)2-1-8(7)6-10;12-8-2-1-6-4-9(10(13)14)11-5-7(6)3-8;1-9(2,3)14-7(11)13-8(12)15-10(4,5)6;/h3-4,6,9,12H,1-2,5H2,(H,13,14);1-3,9,11-12H,4-5H2,(H,13,14);1-6H3;1H2/t2*9-;;/m00../s1. The van der Waals surface area contributed by atoms with Crippen molar-refractivity contribution in [1.29, 1.82) is 0 Å². The van der Waals surface area contributed by atoms with E-state index in [1.54, 1.807) is 71.9 Å². The van der Waals surface area contributed by atoms with Gasteiger partial charge in [0.25, 0.3) is 0 Å². The molecule has 0 amide bonds. The lowest BCUT2D eigenvalue weighted by molar-refractivity contribution is -0.142. The van der Waals surface area contributed by atoms with E-state index in [9.17, 15) is 29.4 Å². The van der Waals surface area contributed by atoms with Crippen LogP contribution in [0.25, 0.3) is 0 Å². The van der Waals surface area contributed by atoms with Crippen LogP contribution in [0.3, 0.4) is 0 Å². The van der Waals surface area contributed by atoms with Crippen LogP contribution in [0.1, 0.15) is 70.2 Å². The molecule has 1 aliphatic heterocycles. The topological polar surface area (TPSA) is 189 Å². The molecule has 0 fully saturated rings. The van der Waals surface area contributed by atoms with E-state index in [0.29, 0.717) is 25.8 Å². The third kappa shape index (κ3) is 13.6. The Hall–Kier alpha value is -3.97. The van der Waals surface area contributed by atoms with Crippen LogP contribution >= 0.6 is 13.5 Å². The summed E-state index contributed by atoms with van der Waals surface area (Å²) in [5.74, 6) is -1.32. The third-order valence-corrected chi connectivity index (χ3v) is 6.16. The maximum Gasteiger partial charge on any atom is 0.519 e. The van der Waals surface area contributed by atoms with Gasteiger partial charge in [0.1, 0.15) is 28.7 Å². The van der Waals surface area contributed by atoms with E-state index in [-0.39, 0.29) is 30.9 Å². The van der Waals surface area contributed by atoms with Crippen molar-refractivity contribution in [3.8, 4) is 11.5 Å². The highest BCUT2D eigenvalue weighted by molar-refractivity contribution is 7.59. The lowest BCUT2D eigenvalue weighted by Gasteiger charge is -2.22. The fourth-order valence-corrected chi connectivity index (χ4v) is 4.24. The monoisotopic (exact) mass is 637 g/mol. The zero-order valence-electron chi connectivity index (χ0n) is 25.8. The molecule has 0 radical (unpaired) electrons. The molecule has 2 aromatic carbocycles. The summed E-state index contributed by atoms with van der Waals surface area (Å²) < 4.78 is 13.8. The van der Waals surface area contributed by atoms with Crippen molar-refractivity contribution in [1.82, 2.24) is 5.32 Å². The van der Waals surface area contributed by atoms with Gasteiger partial charge in [-0.15, -0.1) is 0 Å². The van der Waals surface area contributed by atoms with E-state index in [1.165, 1.54) is 0 Å². The molecule has 1 aliphatic carbocycles. The molecule has 0 aromatic heterocycles. The number of carboxylic acid groups (broad SMARTS) is 2. The first-order valence-electron chi connectivity index (χ1n) is 13.8. The number of hydrogen-bond acceptors (Lipinski definition) is 10. The normalized spacial score (nSPS) is 16.9. The van der Waals surface area contributed by atoms with E-state index in [1.807, 2.05) is 6.07 Å². The average molecular weight is 638 g/mol. The molecule has 1 heterocycles. The summed E-state index contributed by atoms with van der Waals surface area (Å²) in [6, 6.07) is 9.69. The highest BCUT2D eigenvalue weighted by Crippen LogP contribution is 2.28. The van der Waals surface area contributed by atoms with Crippen LogP contribution in [-0.4, -0.2) is 61.9 Å². The third-order valence-electron chi connectivity index (χ3n) is 6.16. The van der Waals surface area contributed by atoms with Crippen LogP contribution in [0.4, 0.5) is 9.59 Å². The molecule has 2 aromatic rings. The number of fused-ring (bicyclic) bond motifs is 2. The number of aromatic hydroxyl groups is 2. The van der Waals surface area contributed by atoms with Gasteiger partial charge in [-0.2, -0.15) is 13.5 Å². The summed E-state index contributed by atoms with van der Waals surface area (Å²) in [6.45, 7) is 10.5. The Kier molecular flexibility index (Phi) is 14.0. The predicted octanol–water partition coefficient (Wildman–Crippen LogP) is 5.06. The number of rotatable bonds is 2. The van der Waals surface area contributed by atoms with Crippen molar-refractivity contribution >= 4 is 37.7 Å². The molecule has 4 rings (SSSR count). The zero-order valence-corrected chi connectivity index (χ0v) is 26.8. The molecule has 44 heavy (non-hydrogen) atoms. The van der Waals surface area contributed by atoms with Gasteiger partial charge in [-0.1, -0.05) is 12.1 Å². The summed E-state index contributed by atoms with van der Waals surface area (Å²) in [6.07, 6.45) is 0.371. The highest BCUT2D eigenvalue weighted by Gasteiger charge is 2.26. The molecule has 0 unspecified atom stereocenters. The van der Waals surface area contributed by atoms with Crippen molar-refractivity contribution in [2.45, 2.75) is 91.0 Å². The fraction of sp³-hybridized carbons (Fsp3) is 0.484. The summed E-state index contributed by atoms with van der Waals surface area (Å²) in [4.78, 5) is 43.5. The number of nitrogens with one attached hydrogen (secondary N) is 1. The average Bonchev–Trinajstić information content (AvgIpc) is 2.86. The van der Waals surface area contributed by atoms with Crippen molar-refractivity contribution in [2.75, 3.05) is 0 Å². The van der Waals surface area contributed by atoms with Crippen molar-refractivity contribution < 1.29 is 53.8 Å². The summed E-state index contributed by atoms with van der Waals surface area (Å²) in [5, 5.41) is 39.0. The number of aliphatic carboxylic acids is 2. The molecule has 2 atom stereocenters. The van der Waals surface area contributed by atoms with Crippen LogP contribution in [0, 0.1) is 5.92 Å². The Labute approximate surface area is 263 Å². The smallest absolute Gasteiger partial charge is 0.508 e. The van der Waals surface area contributed by atoms with Gasteiger partial charge < -0.3 is 40.0 Å². The second kappa shape index (κ2) is 16.2. The Bertz CT molecular complexity index is 1220. The highest BCUT2D eigenvalue weighted by atomic mass is 32.1. The lowest BCUT2D eigenvalue weighted by atomic mass is 9.84. The van der Waals surface area contributed by atoms with Gasteiger partial charge in [0, 0.05) is 6.54 Å². The maximum absolute atomic E-state index is 11.0. The molecule has 244 valence electrons. The van der Waals surface area contributed by atoms with E-state index in [0.717, 1.165) is 28.7 Å². The number of carbonyl (C=O) groups excluding carboxylic acids is 2. The Morgan fingerprint density at radius 3 is 1.66 bits per heavy atom. The van der Waals surface area contributed by atoms with Crippen LogP contribution in [0.2, 0.25) is 0 Å². The van der Waals surface area contributed by atoms with E-state index in [2.05, 4.69) is 10.1 Å². The molecule has 0 saturated heterocycles. The van der Waals surface area contributed by atoms with Crippen LogP contribution in [0.5, 0.6) is 11.5 Å². The first-order chi connectivity index (χ1) is 19.8. The second-order valence-electron chi connectivity index (χ2n) is 12.2. The first-order valence-corrected chi connectivity index (χ1v) is 13.8. The van der Waals surface area contributed by atoms with Crippen molar-refractivity contribution in [2.24, 2.45) is 5.92 Å². The van der Waals surface area contributed by atoms with Crippen molar-refractivity contribution in [3.63, 3.8) is 0 Å². The number of carbonyl (C=O) groups is 4. The zero-order chi connectivity index (χ0) is 32.5.